The summed E-state index contributed by atoms with van der Waals surface area (Å²) in [6, 6.07) is 14.1. The molecule has 5 nitrogen and oxygen atoms in total. The Morgan fingerprint density at radius 3 is 2.54 bits per heavy atom. The van der Waals surface area contributed by atoms with Gasteiger partial charge in [0, 0.05) is 41.3 Å². The molecule has 0 radical (unpaired) electrons. The van der Waals surface area contributed by atoms with Crippen LogP contribution in [0.3, 0.4) is 0 Å². The Balaban J connectivity index is 0.000000516. The van der Waals surface area contributed by atoms with E-state index < -0.39 is 0 Å². The van der Waals surface area contributed by atoms with Gasteiger partial charge < -0.3 is 19.4 Å². The summed E-state index contributed by atoms with van der Waals surface area (Å²) < 4.78 is 10.9. The summed E-state index contributed by atoms with van der Waals surface area (Å²) in [6.07, 6.45) is 1.80. The molecule has 0 fully saturated rings. The third kappa shape index (κ3) is 4.08. The Kier molecular flexibility index (Phi) is 6.75. The third-order valence-electron chi connectivity index (χ3n) is 4.98. The Labute approximate surface area is 173 Å². The monoisotopic (exact) mass is 444 g/mol. The first-order chi connectivity index (χ1) is 13.6. The fraction of sp³-hybridized carbons (Fsp3) is 0.318. The molecule has 1 unspecified atom stereocenters. The summed E-state index contributed by atoms with van der Waals surface area (Å²) in [5.74, 6) is 0.813. The predicted molar refractivity (Wildman–Crippen MR) is 115 cm³/mol. The van der Waals surface area contributed by atoms with E-state index in [1.807, 2.05) is 42.2 Å². The lowest BCUT2D eigenvalue weighted by Crippen LogP contribution is -2.34. The van der Waals surface area contributed by atoms with Crippen molar-refractivity contribution >= 4 is 33.2 Å². The van der Waals surface area contributed by atoms with Gasteiger partial charge in [-0.1, -0.05) is 28.1 Å². The number of nitrogens with one attached hydrogen (secondary N) is 1. The summed E-state index contributed by atoms with van der Waals surface area (Å²) in [7, 11) is 3.33. The van der Waals surface area contributed by atoms with Crippen molar-refractivity contribution in [2.24, 2.45) is 0 Å². The fourth-order valence-electron chi connectivity index (χ4n) is 3.54. The first-order valence-corrected chi connectivity index (χ1v) is 10.1. The van der Waals surface area contributed by atoms with Crippen molar-refractivity contribution in [3.05, 3.63) is 63.8 Å². The Morgan fingerprint density at radius 1 is 1.21 bits per heavy atom. The minimum Gasteiger partial charge on any atom is -0.497 e. The Hall–Kier alpha value is -2.31. The smallest absolute Gasteiger partial charge is 0.210 e. The van der Waals surface area contributed by atoms with E-state index in [0.717, 1.165) is 46.4 Å². The van der Waals surface area contributed by atoms with Gasteiger partial charge in [0.25, 0.3) is 0 Å². The summed E-state index contributed by atoms with van der Waals surface area (Å²) in [6.45, 7) is 3.49. The minimum absolute atomic E-state index is 0.0941. The highest BCUT2D eigenvalue weighted by Gasteiger charge is 2.30. The van der Waals surface area contributed by atoms with Crippen molar-refractivity contribution < 1.29 is 14.3 Å². The maximum Gasteiger partial charge on any atom is 0.210 e. The topological polar surface area (TPSA) is 54.6 Å². The SMILES string of the molecule is CCOC.COc1ccc(C2c3[nH]c4ccc(Br)cc4c3CCN2C=O)cc1. The molecule has 1 aromatic heterocycles. The van der Waals surface area contributed by atoms with E-state index in [0.29, 0.717) is 6.54 Å². The Morgan fingerprint density at radius 2 is 1.93 bits per heavy atom. The van der Waals surface area contributed by atoms with Crippen LogP contribution in [-0.2, 0) is 16.0 Å². The maximum absolute atomic E-state index is 11.6. The number of amides is 1. The molecule has 3 aromatic rings. The molecule has 1 N–H and O–H groups in total. The third-order valence-corrected chi connectivity index (χ3v) is 5.48. The summed E-state index contributed by atoms with van der Waals surface area (Å²) in [5, 5.41) is 1.23. The van der Waals surface area contributed by atoms with Crippen LogP contribution in [0.15, 0.2) is 46.9 Å². The van der Waals surface area contributed by atoms with Crippen molar-refractivity contribution in [1.29, 1.82) is 0 Å². The van der Waals surface area contributed by atoms with Crippen molar-refractivity contribution in [2.45, 2.75) is 19.4 Å². The number of benzene rings is 2. The molecule has 0 spiro atoms. The normalized spacial score (nSPS) is 15.6. The number of aromatic nitrogens is 1. The van der Waals surface area contributed by atoms with Gasteiger partial charge in [-0.25, -0.2) is 0 Å². The van der Waals surface area contributed by atoms with Crippen LogP contribution in [0.2, 0.25) is 0 Å². The molecule has 28 heavy (non-hydrogen) atoms. The number of hydrogen-bond donors (Lipinski definition) is 1. The molecule has 2 heterocycles. The van der Waals surface area contributed by atoms with E-state index in [4.69, 9.17) is 4.74 Å². The average Bonchev–Trinajstić information content (AvgIpc) is 3.11. The van der Waals surface area contributed by atoms with Crippen LogP contribution in [-0.4, -0.2) is 43.7 Å². The van der Waals surface area contributed by atoms with Gasteiger partial charge in [-0.3, -0.25) is 4.79 Å². The molecule has 1 atom stereocenters. The van der Waals surface area contributed by atoms with Crippen LogP contribution >= 0.6 is 15.9 Å². The first kappa shape index (κ1) is 20.4. The van der Waals surface area contributed by atoms with Crippen LogP contribution in [0.5, 0.6) is 5.75 Å². The van der Waals surface area contributed by atoms with Crippen LogP contribution < -0.4 is 4.74 Å². The van der Waals surface area contributed by atoms with Crippen LogP contribution in [0.4, 0.5) is 0 Å². The fourth-order valence-corrected chi connectivity index (χ4v) is 3.90. The van der Waals surface area contributed by atoms with Gasteiger partial charge in [0.05, 0.1) is 13.2 Å². The molecule has 0 aliphatic carbocycles. The number of ether oxygens (including phenoxy) is 2. The van der Waals surface area contributed by atoms with Crippen molar-refractivity contribution in [3.8, 4) is 5.75 Å². The summed E-state index contributed by atoms with van der Waals surface area (Å²) >= 11 is 3.55. The molecule has 0 saturated heterocycles. The quantitative estimate of drug-likeness (QED) is 0.593. The molecule has 6 heteroatoms. The van der Waals surface area contributed by atoms with Gasteiger partial charge in [-0.05, 0) is 54.8 Å². The van der Waals surface area contributed by atoms with Crippen LogP contribution in [0.1, 0.15) is 29.8 Å². The number of hydrogen-bond acceptors (Lipinski definition) is 3. The molecular weight excluding hydrogens is 420 g/mol. The van der Waals surface area contributed by atoms with Gasteiger partial charge in [0.1, 0.15) is 5.75 Å². The largest absolute Gasteiger partial charge is 0.497 e. The van der Waals surface area contributed by atoms with Crippen molar-refractivity contribution in [2.75, 3.05) is 27.4 Å². The Bertz CT molecular complexity index is 935. The number of fused-ring (bicyclic) bond motifs is 3. The number of carbonyl (C=O) groups is 1. The van der Waals surface area contributed by atoms with Gasteiger partial charge in [-0.2, -0.15) is 0 Å². The first-order valence-electron chi connectivity index (χ1n) is 9.26. The highest BCUT2D eigenvalue weighted by molar-refractivity contribution is 9.10. The van der Waals surface area contributed by atoms with E-state index in [1.165, 1.54) is 10.9 Å². The van der Waals surface area contributed by atoms with Crippen molar-refractivity contribution in [1.82, 2.24) is 9.88 Å². The standard InChI is InChI=1S/C19H17BrN2O2.C3H8O/c1-24-14-5-2-12(3-6-14)19-18-15(8-9-22(19)11-23)16-10-13(20)4-7-17(16)21-18;1-3-4-2/h2-7,10-11,19,21H,8-9H2,1H3;3H2,1-2H3. The van der Waals surface area contributed by atoms with E-state index in [1.54, 1.807) is 14.2 Å². The summed E-state index contributed by atoms with van der Waals surface area (Å²) in [4.78, 5) is 17.0. The maximum atomic E-state index is 11.6. The van der Waals surface area contributed by atoms with E-state index in [9.17, 15) is 4.79 Å². The molecule has 1 amide bonds. The van der Waals surface area contributed by atoms with Gasteiger partial charge in [0.2, 0.25) is 6.41 Å². The summed E-state index contributed by atoms with van der Waals surface area (Å²) in [5.41, 5.74) is 4.58. The molecule has 4 rings (SSSR count). The second-order valence-corrected chi connectivity index (χ2v) is 7.47. The van der Waals surface area contributed by atoms with E-state index in [2.05, 4.69) is 37.8 Å². The molecular formula is C22H25BrN2O3. The zero-order valence-corrected chi connectivity index (χ0v) is 18.0. The lowest BCUT2D eigenvalue weighted by molar-refractivity contribution is -0.120. The van der Waals surface area contributed by atoms with Crippen LogP contribution in [0, 0.1) is 0 Å². The zero-order valence-electron chi connectivity index (χ0n) is 16.4. The molecule has 0 saturated carbocycles. The molecule has 0 bridgehead atoms. The van der Waals surface area contributed by atoms with E-state index in [-0.39, 0.29) is 6.04 Å². The average molecular weight is 445 g/mol. The molecule has 148 valence electrons. The molecule has 1 aliphatic heterocycles. The van der Waals surface area contributed by atoms with Gasteiger partial charge in [0.15, 0.2) is 0 Å². The van der Waals surface area contributed by atoms with Crippen molar-refractivity contribution in [3.63, 3.8) is 0 Å². The second kappa shape index (κ2) is 9.26. The zero-order chi connectivity index (χ0) is 20.1. The number of halogens is 1. The number of methoxy groups -OCH3 is 2. The van der Waals surface area contributed by atoms with E-state index >= 15 is 0 Å². The minimum atomic E-state index is -0.0941. The predicted octanol–water partition coefficient (Wildman–Crippen LogP) is 4.70. The number of nitrogens with zero attached hydrogens (tertiary/aromatic N) is 1. The van der Waals surface area contributed by atoms with Gasteiger partial charge >= 0.3 is 0 Å². The second-order valence-electron chi connectivity index (χ2n) is 6.55. The lowest BCUT2D eigenvalue weighted by Gasteiger charge is -2.33. The highest BCUT2D eigenvalue weighted by Crippen LogP contribution is 2.38. The number of H-pyrrole nitrogens is 1. The number of carbonyl (C=O) groups excluding carboxylic acids is 1. The van der Waals surface area contributed by atoms with Gasteiger partial charge in [-0.15, -0.1) is 0 Å². The highest BCUT2D eigenvalue weighted by atomic mass is 79.9. The number of rotatable bonds is 4. The molecule has 2 aromatic carbocycles. The van der Waals surface area contributed by atoms with Crippen LogP contribution in [0.25, 0.3) is 10.9 Å². The number of aromatic amines is 1. The molecule has 1 aliphatic rings. The lowest BCUT2D eigenvalue weighted by atomic mass is 9.93.